The van der Waals surface area contributed by atoms with Gasteiger partial charge in [-0.2, -0.15) is 0 Å². The maximum Gasteiger partial charge on any atom is 0.317 e. The molecule has 1 aromatic carbocycles. The number of carboxylic acid groups (broad SMARTS) is 1. The van der Waals surface area contributed by atoms with E-state index in [1.54, 1.807) is 12.3 Å². The van der Waals surface area contributed by atoms with E-state index in [4.69, 9.17) is 10.8 Å². The summed E-state index contributed by atoms with van der Waals surface area (Å²) in [6, 6.07) is 11.4. The van der Waals surface area contributed by atoms with E-state index in [1.807, 2.05) is 30.3 Å². The molecule has 1 amide bonds. The predicted octanol–water partition coefficient (Wildman–Crippen LogP) is 2.39. The Balaban J connectivity index is 1.37. The van der Waals surface area contributed by atoms with Crippen molar-refractivity contribution in [3.8, 4) is 11.3 Å². The number of pyridine rings is 1. The average molecular weight is 394 g/mol. The highest BCUT2D eigenvalue weighted by molar-refractivity contribution is 6.02. The van der Waals surface area contributed by atoms with Crippen LogP contribution in [-0.4, -0.2) is 52.0 Å². The summed E-state index contributed by atoms with van der Waals surface area (Å²) in [5.41, 5.74) is 8.50. The van der Waals surface area contributed by atoms with Crippen LogP contribution < -0.4 is 11.1 Å². The molecule has 0 spiro atoms. The van der Waals surface area contributed by atoms with Crippen LogP contribution in [0.5, 0.6) is 0 Å². The summed E-state index contributed by atoms with van der Waals surface area (Å²) < 4.78 is 0. The van der Waals surface area contributed by atoms with Crippen LogP contribution in [0.3, 0.4) is 0 Å². The smallest absolute Gasteiger partial charge is 0.317 e. The molecule has 2 aliphatic rings. The number of carboxylic acids is 1. The normalized spacial score (nSPS) is 20.9. The van der Waals surface area contributed by atoms with Gasteiger partial charge in [0.1, 0.15) is 0 Å². The van der Waals surface area contributed by atoms with Gasteiger partial charge >= 0.3 is 5.97 Å². The van der Waals surface area contributed by atoms with E-state index < -0.39 is 5.97 Å². The first kappa shape index (κ1) is 19.4. The van der Waals surface area contributed by atoms with E-state index in [2.05, 4.69) is 15.2 Å². The maximum absolute atomic E-state index is 12.8. The molecule has 0 aliphatic heterocycles. The van der Waals surface area contributed by atoms with Crippen LogP contribution >= 0.6 is 0 Å². The first-order valence-corrected chi connectivity index (χ1v) is 10.1. The lowest BCUT2D eigenvalue weighted by atomic mass is 9.85. The van der Waals surface area contributed by atoms with Gasteiger partial charge in [-0.25, -0.2) is 0 Å². The van der Waals surface area contributed by atoms with Crippen molar-refractivity contribution in [2.75, 3.05) is 18.8 Å². The number of hydrogen-bond donors (Lipinski definition) is 3. The van der Waals surface area contributed by atoms with Crippen LogP contribution in [0.4, 0.5) is 5.69 Å². The zero-order chi connectivity index (χ0) is 20.4. The number of anilines is 1. The highest BCUT2D eigenvalue weighted by Gasteiger charge is 2.38. The van der Waals surface area contributed by atoms with Gasteiger partial charge in [-0.1, -0.05) is 30.3 Å². The summed E-state index contributed by atoms with van der Waals surface area (Å²) in [6.07, 6.45) is 5.51. The topological polar surface area (TPSA) is 109 Å². The molecule has 29 heavy (non-hydrogen) atoms. The number of nitrogen functional groups attached to an aromatic ring is 1. The molecule has 0 bridgehead atoms. The molecule has 2 saturated carbocycles. The van der Waals surface area contributed by atoms with Gasteiger partial charge < -0.3 is 16.2 Å². The Morgan fingerprint density at radius 3 is 2.55 bits per heavy atom. The number of amides is 1. The van der Waals surface area contributed by atoms with Crippen molar-refractivity contribution < 1.29 is 14.7 Å². The highest BCUT2D eigenvalue weighted by Crippen LogP contribution is 2.34. The maximum atomic E-state index is 12.8. The minimum absolute atomic E-state index is 0.0377. The number of carbonyl (C=O) groups excluding carboxylic acids is 1. The van der Waals surface area contributed by atoms with E-state index in [9.17, 15) is 9.59 Å². The van der Waals surface area contributed by atoms with Crippen LogP contribution in [0.15, 0.2) is 42.6 Å². The highest BCUT2D eigenvalue weighted by atomic mass is 16.4. The Morgan fingerprint density at radius 2 is 1.90 bits per heavy atom. The van der Waals surface area contributed by atoms with Crippen LogP contribution in [0.1, 0.15) is 36.0 Å². The van der Waals surface area contributed by atoms with Gasteiger partial charge in [-0.05, 0) is 37.7 Å². The molecule has 152 valence electrons. The minimum atomic E-state index is -0.795. The lowest BCUT2D eigenvalue weighted by Gasteiger charge is -2.42. The zero-order valence-electron chi connectivity index (χ0n) is 16.3. The van der Waals surface area contributed by atoms with Crippen molar-refractivity contribution in [2.24, 2.45) is 5.92 Å². The Morgan fingerprint density at radius 1 is 1.17 bits per heavy atom. The van der Waals surface area contributed by atoms with Crippen molar-refractivity contribution in [1.82, 2.24) is 15.2 Å². The fourth-order valence-electron chi connectivity index (χ4n) is 3.91. The molecule has 4 rings (SSSR count). The lowest BCUT2D eigenvalue weighted by molar-refractivity contribution is -0.139. The number of carbonyl (C=O) groups is 2. The van der Waals surface area contributed by atoms with E-state index in [1.165, 1.54) is 12.8 Å². The molecule has 2 fully saturated rings. The molecule has 7 heteroatoms. The van der Waals surface area contributed by atoms with Gasteiger partial charge in [0.25, 0.3) is 5.91 Å². The van der Waals surface area contributed by atoms with Crippen molar-refractivity contribution in [3.05, 3.63) is 48.2 Å². The van der Waals surface area contributed by atoms with Gasteiger partial charge in [-0.3, -0.25) is 19.5 Å². The van der Waals surface area contributed by atoms with Crippen molar-refractivity contribution in [1.29, 1.82) is 0 Å². The van der Waals surface area contributed by atoms with Crippen LogP contribution in [-0.2, 0) is 4.79 Å². The molecule has 7 nitrogen and oxygen atoms in total. The molecular formula is C22H26N4O3. The first-order chi connectivity index (χ1) is 14.0. The predicted molar refractivity (Wildman–Crippen MR) is 110 cm³/mol. The van der Waals surface area contributed by atoms with E-state index in [0.717, 1.165) is 24.9 Å². The summed E-state index contributed by atoms with van der Waals surface area (Å²) in [7, 11) is 0. The summed E-state index contributed by atoms with van der Waals surface area (Å²) >= 11 is 0. The molecule has 2 aliphatic carbocycles. The average Bonchev–Trinajstić information content (AvgIpc) is 3.48. The molecule has 4 N–H and O–H groups in total. The quantitative estimate of drug-likeness (QED) is 0.634. The fourth-order valence-corrected chi connectivity index (χ4v) is 3.91. The minimum Gasteiger partial charge on any atom is -0.480 e. The number of nitrogens with two attached hydrogens (primary N) is 1. The van der Waals surface area contributed by atoms with Gasteiger partial charge in [0.2, 0.25) is 0 Å². The number of nitrogens with zero attached hydrogens (tertiary/aromatic N) is 2. The molecular weight excluding hydrogens is 368 g/mol. The number of aliphatic carboxylic acids is 1. The summed E-state index contributed by atoms with van der Waals surface area (Å²) in [5, 5.41) is 12.2. The van der Waals surface area contributed by atoms with Crippen molar-refractivity contribution in [2.45, 2.75) is 37.8 Å². The zero-order valence-corrected chi connectivity index (χ0v) is 16.3. The van der Waals surface area contributed by atoms with Gasteiger partial charge in [-0.15, -0.1) is 0 Å². The number of rotatable bonds is 8. The summed E-state index contributed by atoms with van der Waals surface area (Å²) in [6.45, 7) is 0.912. The van der Waals surface area contributed by atoms with Crippen LogP contribution in [0.25, 0.3) is 11.3 Å². The van der Waals surface area contributed by atoms with Crippen LogP contribution in [0.2, 0.25) is 0 Å². The molecule has 0 saturated heterocycles. The lowest BCUT2D eigenvalue weighted by Crippen LogP contribution is -2.55. The molecule has 0 unspecified atom stereocenters. The summed E-state index contributed by atoms with van der Waals surface area (Å²) in [4.78, 5) is 30.3. The molecule has 1 aromatic heterocycles. The number of hydrogen-bond acceptors (Lipinski definition) is 5. The Kier molecular flexibility index (Phi) is 5.49. The van der Waals surface area contributed by atoms with Gasteiger partial charge in [0.15, 0.2) is 0 Å². The van der Waals surface area contributed by atoms with E-state index in [0.29, 0.717) is 22.9 Å². The molecule has 1 heterocycles. The third kappa shape index (κ3) is 4.56. The third-order valence-electron chi connectivity index (χ3n) is 5.77. The van der Waals surface area contributed by atoms with Gasteiger partial charge in [0.05, 0.1) is 23.5 Å². The second kappa shape index (κ2) is 8.21. The second-order valence-corrected chi connectivity index (χ2v) is 8.05. The standard InChI is InChI=1S/C22H26N4O3/c23-20-18(8-9-24-21(20)15-4-2-1-3-5-15)22(29)25-16-10-17(11-16)26(13-19(27)28)12-14-6-7-14/h1-5,8-9,14,16-17H,6-7,10-13,23H2,(H,25,29)(H,27,28). The number of nitrogens with one attached hydrogen (secondary N) is 1. The second-order valence-electron chi connectivity index (χ2n) is 8.05. The van der Waals surface area contributed by atoms with Gasteiger partial charge in [0, 0.05) is 30.4 Å². The molecule has 2 aromatic rings. The number of aromatic nitrogens is 1. The van der Waals surface area contributed by atoms with Crippen LogP contribution in [0, 0.1) is 5.92 Å². The fraction of sp³-hybridized carbons (Fsp3) is 0.409. The van der Waals surface area contributed by atoms with Crippen molar-refractivity contribution in [3.63, 3.8) is 0 Å². The Labute approximate surface area is 169 Å². The van der Waals surface area contributed by atoms with Crippen molar-refractivity contribution >= 4 is 17.6 Å². The first-order valence-electron chi connectivity index (χ1n) is 10.1. The monoisotopic (exact) mass is 394 g/mol. The molecule has 0 radical (unpaired) electrons. The number of benzene rings is 1. The molecule has 0 atom stereocenters. The SMILES string of the molecule is Nc1c(C(=O)NC2CC(N(CC(=O)O)CC3CC3)C2)ccnc1-c1ccccc1. The Bertz CT molecular complexity index is 892. The Hall–Kier alpha value is -2.93. The summed E-state index contributed by atoms with van der Waals surface area (Å²) in [5.74, 6) is -0.371. The van der Waals surface area contributed by atoms with E-state index >= 15 is 0 Å². The largest absolute Gasteiger partial charge is 0.480 e. The third-order valence-corrected chi connectivity index (χ3v) is 5.77. The van der Waals surface area contributed by atoms with E-state index in [-0.39, 0.29) is 24.5 Å².